The van der Waals surface area contributed by atoms with Gasteiger partial charge in [-0.3, -0.25) is 4.98 Å². The van der Waals surface area contributed by atoms with Gasteiger partial charge in [-0.15, -0.1) is 0 Å². The number of pyridine rings is 1. The molecular weight excluding hydrogens is 282 g/mol. The van der Waals surface area contributed by atoms with Gasteiger partial charge in [0.05, 0.1) is 6.04 Å². The fourth-order valence-corrected chi connectivity index (χ4v) is 2.21. The van der Waals surface area contributed by atoms with E-state index in [4.69, 9.17) is 9.47 Å². The lowest BCUT2D eigenvalue weighted by atomic mass is 10.1. The van der Waals surface area contributed by atoms with Crippen LogP contribution in [0.4, 0.5) is 10.5 Å². The Kier molecular flexibility index (Phi) is 4.09. The van der Waals surface area contributed by atoms with E-state index in [1.54, 1.807) is 24.5 Å². The zero-order valence-electron chi connectivity index (χ0n) is 12.2. The first-order chi connectivity index (χ1) is 10.7. The van der Waals surface area contributed by atoms with Crippen molar-refractivity contribution in [3.8, 4) is 11.5 Å². The SMILES string of the molecule is CC(NC(=O)Nc1ccncc1)c1ccc2c(c1)OCCO2. The van der Waals surface area contributed by atoms with Crippen LogP contribution in [0.2, 0.25) is 0 Å². The molecular formula is C16H17N3O3. The highest BCUT2D eigenvalue weighted by atomic mass is 16.6. The number of nitrogens with zero attached hydrogens (tertiary/aromatic N) is 1. The normalized spacial score (nSPS) is 14.0. The van der Waals surface area contributed by atoms with Gasteiger partial charge in [-0.05, 0) is 36.8 Å². The van der Waals surface area contributed by atoms with Crippen molar-refractivity contribution in [3.63, 3.8) is 0 Å². The molecule has 1 atom stereocenters. The third kappa shape index (κ3) is 3.28. The molecule has 0 saturated heterocycles. The number of benzene rings is 1. The van der Waals surface area contributed by atoms with Gasteiger partial charge in [-0.25, -0.2) is 4.79 Å². The van der Waals surface area contributed by atoms with E-state index in [1.165, 1.54) is 0 Å². The molecule has 2 N–H and O–H groups in total. The lowest BCUT2D eigenvalue weighted by Gasteiger charge is -2.21. The van der Waals surface area contributed by atoms with E-state index in [-0.39, 0.29) is 12.1 Å². The molecule has 2 amide bonds. The number of ether oxygens (including phenoxy) is 2. The average molecular weight is 299 g/mol. The summed E-state index contributed by atoms with van der Waals surface area (Å²) in [4.78, 5) is 15.9. The third-order valence-corrected chi connectivity index (χ3v) is 3.35. The predicted octanol–water partition coefficient (Wildman–Crippen LogP) is 2.74. The van der Waals surface area contributed by atoms with Crippen LogP contribution in [0.1, 0.15) is 18.5 Å². The second-order valence-electron chi connectivity index (χ2n) is 4.96. The number of hydrogen-bond acceptors (Lipinski definition) is 4. The van der Waals surface area contributed by atoms with Crippen LogP contribution in [0, 0.1) is 0 Å². The molecule has 22 heavy (non-hydrogen) atoms. The number of fused-ring (bicyclic) bond motifs is 1. The molecule has 6 heteroatoms. The molecule has 1 aliphatic rings. The lowest BCUT2D eigenvalue weighted by Crippen LogP contribution is -2.31. The first kappa shape index (κ1) is 14.2. The van der Waals surface area contributed by atoms with Crippen molar-refractivity contribution in [1.29, 1.82) is 0 Å². The summed E-state index contributed by atoms with van der Waals surface area (Å²) in [7, 11) is 0. The van der Waals surface area contributed by atoms with Gasteiger partial charge in [0, 0.05) is 18.1 Å². The Morgan fingerprint density at radius 2 is 1.86 bits per heavy atom. The number of nitrogens with one attached hydrogen (secondary N) is 2. The van der Waals surface area contributed by atoms with Gasteiger partial charge >= 0.3 is 6.03 Å². The quantitative estimate of drug-likeness (QED) is 0.914. The zero-order valence-corrected chi connectivity index (χ0v) is 12.2. The van der Waals surface area contributed by atoms with Crippen LogP contribution in [0.5, 0.6) is 11.5 Å². The molecule has 1 aromatic heterocycles. The van der Waals surface area contributed by atoms with Crippen LogP contribution in [0.15, 0.2) is 42.7 Å². The molecule has 1 aromatic carbocycles. The summed E-state index contributed by atoms with van der Waals surface area (Å²) in [6.07, 6.45) is 3.25. The van der Waals surface area contributed by atoms with Crippen LogP contribution in [0.25, 0.3) is 0 Å². The van der Waals surface area contributed by atoms with Crippen molar-refractivity contribution in [1.82, 2.24) is 10.3 Å². The van der Waals surface area contributed by atoms with Crippen molar-refractivity contribution in [2.45, 2.75) is 13.0 Å². The number of carbonyl (C=O) groups excluding carboxylic acids is 1. The monoisotopic (exact) mass is 299 g/mol. The van der Waals surface area contributed by atoms with Crippen molar-refractivity contribution < 1.29 is 14.3 Å². The van der Waals surface area contributed by atoms with Crippen LogP contribution in [-0.4, -0.2) is 24.2 Å². The van der Waals surface area contributed by atoms with Crippen molar-refractivity contribution in [2.24, 2.45) is 0 Å². The molecule has 1 aliphatic heterocycles. The molecule has 0 fully saturated rings. The largest absolute Gasteiger partial charge is 0.486 e. The minimum absolute atomic E-state index is 0.155. The Morgan fingerprint density at radius 3 is 2.64 bits per heavy atom. The number of urea groups is 1. The van der Waals surface area contributed by atoms with Gasteiger partial charge in [0.15, 0.2) is 11.5 Å². The Bertz CT molecular complexity index is 661. The smallest absolute Gasteiger partial charge is 0.319 e. The lowest BCUT2D eigenvalue weighted by molar-refractivity contribution is 0.171. The predicted molar refractivity (Wildman–Crippen MR) is 82.2 cm³/mol. The Labute approximate surface area is 128 Å². The summed E-state index contributed by atoms with van der Waals surface area (Å²) in [6.45, 7) is 3.02. The minimum Gasteiger partial charge on any atom is -0.486 e. The molecule has 0 saturated carbocycles. The van der Waals surface area contributed by atoms with Crippen LogP contribution >= 0.6 is 0 Å². The fourth-order valence-electron chi connectivity index (χ4n) is 2.21. The van der Waals surface area contributed by atoms with E-state index in [9.17, 15) is 4.79 Å². The van der Waals surface area contributed by atoms with Crippen molar-refractivity contribution in [2.75, 3.05) is 18.5 Å². The number of anilines is 1. The van der Waals surface area contributed by atoms with Gasteiger partial charge in [-0.1, -0.05) is 6.07 Å². The maximum absolute atomic E-state index is 12.0. The van der Waals surface area contributed by atoms with E-state index in [1.807, 2.05) is 25.1 Å². The van der Waals surface area contributed by atoms with E-state index < -0.39 is 0 Å². The topological polar surface area (TPSA) is 72.5 Å². The van der Waals surface area contributed by atoms with E-state index >= 15 is 0 Å². The maximum Gasteiger partial charge on any atom is 0.319 e. The van der Waals surface area contributed by atoms with Gasteiger partial charge in [0.25, 0.3) is 0 Å². The highest BCUT2D eigenvalue weighted by Crippen LogP contribution is 2.32. The highest BCUT2D eigenvalue weighted by Gasteiger charge is 2.15. The van der Waals surface area contributed by atoms with Gasteiger partial charge < -0.3 is 20.1 Å². The van der Waals surface area contributed by atoms with Gasteiger partial charge in [-0.2, -0.15) is 0 Å². The first-order valence-corrected chi connectivity index (χ1v) is 7.09. The molecule has 0 aliphatic carbocycles. The fraction of sp³-hybridized carbons (Fsp3) is 0.250. The second kappa shape index (κ2) is 6.34. The van der Waals surface area contributed by atoms with Crippen molar-refractivity contribution >= 4 is 11.7 Å². The zero-order chi connectivity index (χ0) is 15.4. The van der Waals surface area contributed by atoms with E-state index in [2.05, 4.69) is 15.6 Å². The molecule has 2 aromatic rings. The Hall–Kier alpha value is -2.76. The summed E-state index contributed by atoms with van der Waals surface area (Å²) in [5.41, 5.74) is 1.65. The molecule has 6 nitrogen and oxygen atoms in total. The van der Waals surface area contributed by atoms with Gasteiger partial charge in [0.1, 0.15) is 13.2 Å². The number of carbonyl (C=O) groups is 1. The number of rotatable bonds is 3. The van der Waals surface area contributed by atoms with Gasteiger partial charge in [0.2, 0.25) is 0 Å². The summed E-state index contributed by atoms with van der Waals surface area (Å²) < 4.78 is 11.0. The minimum atomic E-state index is -0.270. The standard InChI is InChI=1S/C16H17N3O3/c1-11(18-16(20)19-13-4-6-17-7-5-13)12-2-3-14-15(10-12)22-9-8-21-14/h2-7,10-11H,8-9H2,1H3,(H2,17,18,19,20). The third-order valence-electron chi connectivity index (χ3n) is 3.35. The second-order valence-corrected chi connectivity index (χ2v) is 4.96. The first-order valence-electron chi connectivity index (χ1n) is 7.09. The molecule has 2 heterocycles. The van der Waals surface area contributed by atoms with E-state index in [0.717, 1.165) is 11.3 Å². The van der Waals surface area contributed by atoms with Crippen LogP contribution in [-0.2, 0) is 0 Å². The molecule has 1 unspecified atom stereocenters. The summed E-state index contributed by atoms with van der Waals surface area (Å²) in [6, 6.07) is 8.72. The summed E-state index contributed by atoms with van der Waals surface area (Å²) >= 11 is 0. The highest BCUT2D eigenvalue weighted by molar-refractivity contribution is 5.89. The molecule has 0 bridgehead atoms. The Morgan fingerprint density at radius 1 is 1.14 bits per heavy atom. The molecule has 0 radical (unpaired) electrons. The Balaban J connectivity index is 1.64. The summed E-state index contributed by atoms with van der Waals surface area (Å²) in [5, 5.41) is 5.64. The molecule has 0 spiro atoms. The van der Waals surface area contributed by atoms with Crippen LogP contribution in [0.3, 0.4) is 0 Å². The average Bonchev–Trinajstić information content (AvgIpc) is 2.55. The summed E-state index contributed by atoms with van der Waals surface area (Å²) in [5.74, 6) is 1.45. The molecule has 114 valence electrons. The number of hydrogen-bond donors (Lipinski definition) is 2. The number of aromatic nitrogens is 1. The van der Waals surface area contributed by atoms with Crippen LogP contribution < -0.4 is 20.1 Å². The number of amides is 2. The van der Waals surface area contributed by atoms with E-state index in [0.29, 0.717) is 24.7 Å². The van der Waals surface area contributed by atoms with Crippen molar-refractivity contribution in [3.05, 3.63) is 48.3 Å². The molecule has 3 rings (SSSR count). The maximum atomic E-state index is 12.0.